The van der Waals surface area contributed by atoms with Crippen molar-refractivity contribution in [1.82, 2.24) is 0 Å². The number of nitrogens with two attached hydrogens (primary N) is 1. The van der Waals surface area contributed by atoms with E-state index in [9.17, 15) is 9.59 Å². The zero-order chi connectivity index (χ0) is 15.6. The molecule has 0 aliphatic heterocycles. The van der Waals surface area contributed by atoms with E-state index in [0.717, 1.165) is 12.8 Å². The number of amides is 1. The summed E-state index contributed by atoms with van der Waals surface area (Å²) in [4.78, 5) is 23.3. The van der Waals surface area contributed by atoms with Crippen LogP contribution in [0.2, 0.25) is 5.02 Å². The smallest absolute Gasteiger partial charge is 0.337 e. The molecule has 4 N–H and O–H groups in total. The van der Waals surface area contributed by atoms with Gasteiger partial charge in [0.2, 0.25) is 5.91 Å². The first-order chi connectivity index (χ1) is 9.82. The highest BCUT2D eigenvalue weighted by Gasteiger charge is 2.37. The Morgan fingerprint density at radius 1 is 1.48 bits per heavy atom. The zero-order valence-corrected chi connectivity index (χ0v) is 12.6. The molecular weight excluding hydrogens is 292 g/mol. The number of anilines is 1. The van der Waals surface area contributed by atoms with E-state index in [1.54, 1.807) is 0 Å². The lowest BCUT2D eigenvalue weighted by molar-refractivity contribution is -0.122. The number of halogens is 1. The van der Waals surface area contributed by atoms with E-state index in [-0.39, 0.29) is 16.5 Å². The van der Waals surface area contributed by atoms with Gasteiger partial charge < -0.3 is 16.2 Å². The maximum Gasteiger partial charge on any atom is 0.337 e. The van der Waals surface area contributed by atoms with Crippen molar-refractivity contribution >= 4 is 29.2 Å². The fraction of sp³-hybridized carbons (Fsp3) is 0.467. The van der Waals surface area contributed by atoms with Crippen molar-refractivity contribution in [3.8, 4) is 0 Å². The second-order valence-electron chi connectivity index (χ2n) is 5.81. The van der Waals surface area contributed by atoms with Crippen molar-refractivity contribution in [1.29, 1.82) is 0 Å². The Kier molecular flexibility index (Phi) is 4.54. The molecule has 0 spiro atoms. The molecule has 2 rings (SSSR count). The predicted octanol–water partition coefficient (Wildman–Crippen LogP) is 2.88. The number of rotatable bonds is 3. The number of hydrogen-bond donors (Lipinski definition) is 3. The van der Waals surface area contributed by atoms with Gasteiger partial charge in [0, 0.05) is 5.69 Å². The van der Waals surface area contributed by atoms with Gasteiger partial charge in [0.1, 0.15) is 0 Å². The Balaban J connectivity index is 2.12. The quantitative estimate of drug-likeness (QED) is 0.800. The molecule has 1 aliphatic rings. The van der Waals surface area contributed by atoms with Gasteiger partial charge in [0.15, 0.2) is 0 Å². The highest BCUT2D eigenvalue weighted by Crippen LogP contribution is 2.31. The molecule has 2 atom stereocenters. The number of carboxylic acid groups (broad SMARTS) is 1. The summed E-state index contributed by atoms with van der Waals surface area (Å²) in [5.74, 6) is -0.921. The summed E-state index contributed by atoms with van der Waals surface area (Å²) < 4.78 is 0. The molecule has 0 heterocycles. The molecule has 1 saturated carbocycles. The first-order valence-electron chi connectivity index (χ1n) is 6.95. The third-order valence-electron chi connectivity index (χ3n) is 3.94. The average molecular weight is 311 g/mol. The van der Waals surface area contributed by atoms with E-state index in [4.69, 9.17) is 22.4 Å². The van der Waals surface area contributed by atoms with Crippen molar-refractivity contribution in [3.05, 3.63) is 28.8 Å². The second kappa shape index (κ2) is 6.03. The average Bonchev–Trinajstić information content (AvgIpc) is 2.37. The Labute approximate surface area is 128 Å². The Bertz CT molecular complexity index is 576. The molecule has 21 heavy (non-hydrogen) atoms. The normalized spacial score (nSPS) is 25.4. The molecule has 0 radical (unpaired) electrons. The van der Waals surface area contributed by atoms with Crippen LogP contribution in [-0.4, -0.2) is 22.5 Å². The lowest BCUT2D eigenvalue weighted by atomic mass is 9.76. The molecule has 1 aromatic rings. The predicted molar refractivity (Wildman–Crippen MR) is 81.6 cm³/mol. The summed E-state index contributed by atoms with van der Waals surface area (Å²) >= 11 is 5.89. The number of nitrogens with one attached hydrogen (secondary N) is 1. The van der Waals surface area contributed by atoms with Crippen LogP contribution in [0.4, 0.5) is 5.69 Å². The van der Waals surface area contributed by atoms with Gasteiger partial charge >= 0.3 is 5.97 Å². The van der Waals surface area contributed by atoms with Gasteiger partial charge in [-0.1, -0.05) is 31.4 Å². The highest BCUT2D eigenvalue weighted by atomic mass is 35.5. The van der Waals surface area contributed by atoms with Crippen molar-refractivity contribution in [3.63, 3.8) is 0 Å². The van der Waals surface area contributed by atoms with Crippen molar-refractivity contribution in [2.75, 3.05) is 5.32 Å². The van der Waals surface area contributed by atoms with Crippen LogP contribution >= 0.6 is 11.6 Å². The lowest BCUT2D eigenvalue weighted by Gasteiger charge is -2.35. The number of carboxylic acids is 1. The standard InChI is InChI=1S/C15H19ClN2O3/c1-9-3-2-6-15(17,8-9)14(21)18-10-4-5-11(13(19)20)12(16)7-10/h4-5,7,9H,2-3,6,8,17H2,1H3,(H,18,21)(H,19,20). The third-order valence-corrected chi connectivity index (χ3v) is 4.25. The number of benzene rings is 1. The van der Waals surface area contributed by atoms with Gasteiger partial charge in [-0.05, 0) is 37.0 Å². The van der Waals surface area contributed by atoms with Crippen molar-refractivity contribution < 1.29 is 14.7 Å². The van der Waals surface area contributed by atoms with E-state index in [2.05, 4.69) is 12.2 Å². The van der Waals surface area contributed by atoms with Crippen LogP contribution in [0, 0.1) is 5.92 Å². The minimum atomic E-state index is -1.10. The van der Waals surface area contributed by atoms with E-state index in [1.165, 1.54) is 18.2 Å². The van der Waals surface area contributed by atoms with Gasteiger partial charge in [0.05, 0.1) is 16.1 Å². The van der Waals surface area contributed by atoms with Gasteiger partial charge in [-0.15, -0.1) is 0 Å². The van der Waals surface area contributed by atoms with Crippen LogP contribution in [0.15, 0.2) is 18.2 Å². The third kappa shape index (κ3) is 3.54. The van der Waals surface area contributed by atoms with E-state index >= 15 is 0 Å². The number of carbonyl (C=O) groups excluding carboxylic acids is 1. The van der Waals surface area contributed by atoms with Crippen LogP contribution in [-0.2, 0) is 4.79 Å². The molecule has 2 unspecified atom stereocenters. The molecule has 0 bridgehead atoms. The summed E-state index contributed by atoms with van der Waals surface area (Å²) in [6, 6.07) is 4.31. The summed E-state index contributed by atoms with van der Waals surface area (Å²) in [5, 5.41) is 11.7. The van der Waals surface area contributed by atoms with Gasteiger partial charge in [-0.25, -0.2) is 4.79 Å². The maximum absolute atomic E-state index is 12.4. The molecule has 114 valence electrons. The molecule has 5 nitrogen and oxygen atoms in total. The fourth-order valence-electron chi connectivity index (χ4n) is 2.82. The summed E-state index contributed by atoms with van der Waals surface area (Å²) in [5.41, 5.74) is 5.81. The number of hydrogen-bond acceptors (Lipinski definition) is 3. The van der Waals surface area contributed by atoms with Crippen LogP contribution in [0.1, 0.15) is 43.0 Å². The number of aromatic carboxylic acids is 1. The topological polar surface area (TPSA) is 92.4 Å². The highest BCUT2D eigenvalue weighted by molar-refractivity contribution is 6.33. The number of carbonyl (C=O) groups is 2. The van der Waals surface area contributed by atoms with Gasteiger partial charge in [-0.3, -0.25) is 4.79 Å². The fourth-order valence-corrected chi connectivity index (χ4v) is 3.08. The van der Waals surface area contributed by atoms with Gasteiger partial charge in [-0.2, -0.15) is 0 Å². The van der Waals surface area contributed by atoms with E-state index in [0.29, 0.717) is 24.4 Å². The Hall–Kier alpha value is -1.59. The SMILES string of the molecule is CC1CCCC(N)(C(=O)Nc2ccc(C(=O)O)c(Cl)c2)C1. The molecule has 0 saturated heterocycles. The lowest BCUT2D eigenvalue weighted by Crippen LogP contribution is -2.53. The Morgan fingerprint density at radius 2 is 2.19 bits per heavy atom. The molecular formula is C15H19ClN2O3. The van der Waals surface area contributed by atoms with Crippen molar-refractivity contribution in [2.45, 2.75) is 38.1 Å². The minimum Gasteiger partial charge on any atom is -0.478 e. The van der Waals surface area contributed by atoms with Crippen LogP contribution in [0.5, 0.6) is 0 Å². The van der Waals surface area contributed by atoms with Crippen LogP contribution in [0.25, 0.3) is 0 Å². The monoisotopic (exact) mass is 310 g/mol. The molecule has 1 fully saturated rings. The first-order valence-corrected chi connectivity index (χ1v) is 7.33. The summed E-state index contributed by atoms with van der Waals surface area (Å²) in [6.45, 7) is 2.09. The first kappa shape index (κ1) is 15.8. The van der Waals surface area contributed by atoms with E-state index < -0.39 is 11.5 Å². The second-order valence-corrected chi connectivity index (χ2v) is 6.22. The minimum absolute atomic E-state index is 0.00316. The zero-order valence-electron chi connectivity index (χ0n) is 11.9. The molecule has 0 aromatic heterocycles. The Morgan fingerprint density at radius 3 is 2.76 bits per heavy atom. The maximum atomic E-state index is 12.4. The molecule has 6 heteroatoms. The van der Waals surface area contributed by atoms with Crippen LogP contribution in [0.3, 0.4) is 0 Å². The van der Waals surface area contributed by atoms with E-state index in [1.807, 2.05) is 0 Å². The summed E-state index contributed by atoms with van der Waals surface area (Å²) in [7, 11) is 0. The molecule has 1 amide bonds. The molecule has 1 aromatic carbocycles. The van der Waals surface area contributed by atoms with Gasteiger partial charge in [0.25, 0.3) is 0 Å². The summed E-state index contributed by atoms with van der Waals surface area (Å²) in [6.07, 6.45) is 3.33. The molecule has 1 aliphatic carbocycles. The van der Waals surface area contributed by atoms with Crippen LogP contribution < -0.4 is 11.1 Å². The largest absolute Gasteiger partial charge is 0.478 e. The van der Waals surface area contributed by atoms with Crippen molar-refractivity contribution in [2.24, 2.45) is 11.7 Å².